The summed E-state index contributed by atoms with van der Waals surface area (Å²) in [5.74, 6) is 0.421. The van der Waals surface area contributed by atoms with E-state index in [-0.39, 0.29) is 5.91 Å². The Morgan fingerprint density at radius 3 is 2.47 bits per heavy atom. The molecule has 38 heavy (non-hydrogen) atoms. The lowest BCUT2D eigenvalue weighted by Gasteiger charge is -2.07. The summed E-state index contributed by atoms with van der Waals surface area (Å²) in [6, 6.07) is 32.4. The first-order chi connectivity index (χ1) is 18.5. The molecule has 0 unspecified atom stereocenters. The van der Waals surface area contributed by atoms with Gasteiger partial charge >= 0.3 is 0 Å². The topological polar surface area (TPSA) is 68.5 Å². The van der Waals surface area contributed by atoms with E-state index >= 15 is 0 Å². The van der Waals surface area contributed by atoms with E-state index in [4.69, 9.17) is 21.4 Å². The van der Waals surface area contributed by atoms with Crippen LogP contribution in [0.2, 0.25) is 5.02 Å². The van der Waals surface area contributed by atoms with E-state index in [1.165, 1.54) is 0 Å². The van der Waals surface area contributed by atoms with E-state index < -0.39 is 0 Å². The summed E-state index contributed by atoms with van der Waals surface area (Å²) in [6.07, 6.45) is 3.52. The minimum atomic E-state index is -0.307. The van der Waals surface area contributed by atoms with Crippen LogP contribution < -0.4 is 10.2 Å². The fourth-order valence-electron chi connectivity index (χ4n) is 3.89. The number of amides is 1. The zero-order chi connectivity index (χ0) is 26.3. The molecule has 188 valence electrons. The first-order valence-electron chi connectivity index (χ1n) is 12.1. The van der Waals surface area contributed by atoms with Gasteiger partial charge in [0, 0.05) is 27.9 Å². The van der Waals surface area contributed by atoms with Crippen LogP contribution in [0.15, 0.2) is 114 Å². The molecule has 0 saturated heterocycles. The smallest absolute Gasteiger partial charge is 0.271 e. The Morgan fingerprint density at radius 2 is 1.74 bits per heavy atom. The lowest BCUT2D eigenvalue weighted by molar-refractivity contribution is 0.0955. The van der Waals surface area contributed by atoms with Crippen LogP contribution in [0.3, 0.4) is 0 Å². The van der Waals surface area contributed by atoms with Gasteiger partial charge in [-0.3, -0.25) is 4.79 Å². The van der Waals surface area contributed by atoms with Gasteiger partial charge in [-0.05, 0) is 67.1 Å². The zero-order valence-electron chi connectivity index (χ0n) is 20.7. The number of para-hydroxylation sites is 1. The Bertz CT molecular complexity index is 1560. The van der Waals surface area contributed by atoms with Crippen LogP contribution in [-0.2, 0) is 6.61 Å². The molecule has 1 amide bonds. The Hall–Kier alpha value is -4.68. The first kappa shape index (κ1) is 25.0. The maximum atomic E-state index is 12.7. The molecule has 1 aromatic heterocycles. The molecule has 0 fully saturated rings. The minimum Gasteiger partial charge on any atom is -0.489 e. The van der Waals surface area contributed by atoms with Crippen molar-refractivity contribution < 1.29 is 9.53 Å². The van der Waals surface area contributed by atoms with E-state index in [1.807, 2.05) is 90.6 Å². The molecule has 0 radical (unpaired) electrons. The van der Waals surface area contributed by atoms with Gasteiger partial charge in [0.05, 0.1) is 11.9 Å². The molecular weight excluding hydrogens is 496 g/mol. The van der Waals surface area contributed by atoms with Crippen molar-refractivity contribution in [2.24, 2.45) is 5.10 Å². The third kappa shape index (κ3) is 6.17. The van der Waals surface area contributed by atoms with Crippen LogP contribution in [0.25, 0.3) is 16.9 Å². The second-order valence-electron chi connectivity index (χ2n) is 8.72. The Labute approximate surface area is 226 Å². The highest BCUT2D eigenvalue weighted by Crippen LogP contribution is 2.23. The molecule has 5 aromatic rings. The van der Waals surface area contributed by atoms with Crippen molar-refractivity contribution in [2.75, 3.05) is 0 Å². The van der Waals surface area contributed by atoms with E-state index in [0.29, 0.717) is 17.2 Å². The highest BCUT2D eigenvalue weighted by molar-refractivity contribution is 6.30. The molecule has 0 saturated carbocycles. The van der Waals surface area contributed by atoms with Crippen molar-refractivity contribution >= 4 is 23.7 Å². The largest absolute Gasteiger partial charge is 0.489 e. The predicted molar refractivity (Wildman–Crippen MR) is 151 cm³/mol. The number of carbonyl (C=O) groups is 1. The third-order valence-corrected chi connectivity index (χ3v) is 6.11. The average Bonchev–Trinajstić information content (AvgIpc) is 3.38. The SMILES string of the molecule is Cc1cccc(-c2nn(-c3ccccc3)cc2C=NNC(=O)c2ccc(COc3ccc(Cl)cc3)cc2)c1. The zero-order valence-corrected chi connectivity index (χ0v) is 21.5. The lowest BCUT2D eigenvalue weighted by atomic mass is 10.1. The van der Waals surface area contributed by atoms with Crippen molar-refractivity contribution in [1.29, 1.82) is 0 Å². The second kappa shape index (κ2) is 11.6. The summed E-state index contributed by atoms with van der Waals surface area (Å²) in [5.41, 5.74) is 8.67. The van der Waals surface area contributed by atoms with Crippen LogP contribution in [0.4, 0.5) is 0 Å². The monoisotopic (exact) mass is 520 g/mol. The van der Waals surface area contributed by atoms with E-state index in [0.717, 1.165) is 39.4 Å². The normalized spacial score (nSPS) is 11.0. The number of benzene rings is 4. The van der Waals surface area contributed by atoms with Gasteiger partial charge in [-0.1, -0.05) is 65.7 Å². The predicted octanol–water partition coefficient (Wildman–Crippen LogP) is 6.84. The number of aryl methyl sites for hydroxylation is 1. The number of rotatable bonds is 8. The quantitative estimate of drug-likeness (QED) is 0.180. The molecule has 4 aromatic carbocycles. The van der Waals surface area contributed by atoms with E-state index in [9.17, 15) is 4.79 Å². The molecule has 0 aliphatic heterocycles. The highest BCUT2D eigenvalue weighted by atomic mass is 35.5. The van der Waals surface area contributed by atoms with Crippen molar-refractivity contribution in [2.45, 2.75) is 13.5 Å². The number of aromatic nitrogens is 2. The molecule has 0 aliphatic carbocycles. The van der Waals surface area contributed by atoms with Crippen LogP contribution in [0.5, 0.6) is 5.75 Å². The summed E-state index contributed by atoms with van der Waals surface area (Å²) in [7, 11) is 0. The maximum Gasteiger partial charge on any atom is 0.271 e. The molecule has 0 bridgehead atoms. The fraction of sp³-hybridized carbons (Fsp3) is 0.0645. The number of ether oxygens (including phenoxy) is 1. The van der Waals surface area contributed by atoms with Crippen molar-refractivity contribution in [1.82, 2.24) is 15.2 Å². The molecule has 0 aliphatic rings. The average molecular weight is 521 g/mol. The number of nitrogens with zero attached hydrogens (tertiary/aromatic N) is 3. The van der Waals surface area contributed by atoms with Crippen molar-refractivity contribution in [3.05, 3.63) is 137 Å². The Balaban J connectivity index is 1.27. The molecule has 1 heterocycles. The van der Waals surface area contributed by atoms with Gasteiger partial charge in [0.1, 0.15) is 18.1 Å². The van der Waals surface area contributed by atoms with Crippen LogP contribution >= 0.6 is 11.6 Å². The third-order valence-electron chi connectivity index (χ3n) is 5.86. The molecule has 7 heteroatoms. The van der Waals surface area contributed by atoms with Crippen LogP contribution in [0.1, 0.15) is 27.0 Å². The summed E-state index contributed by atoms with van der Waals surface area (Å²) in [6.45, 7) is 2.43. The van der Waals surface area contributed by atoms with Gasteiger partial charge in [-0.2, -0.15) is 10.2 Å². The minimum absolute atomic E-state index is 0.307. The molecular formula is C31H25ClN4O2. The molecule has 0 atom stereocenters. The summed E-state index contributed by atoms with van der Waals surface area (Å²) < 4.78 is 7.57. The number of carbonyl (C=O) groups excluding carboxylic acids is 1. The molecule has 0 spiro atoms. The maximum absolute atomic E-state index is 12.7. The lowest BCUT2D eigenvalue weighted by Crippen LogP contribution is -2.17. The van der Waals surface area contributed by atoms with Gasteiger partial charge < -0.3 is 4.74 Å². The highest BCUT2D eigenvalue weighted by Gasteiger charge is 2.12. The van der Waals surface area contributed by atoms with Crippen molar-refractivity contribution in [3.63, 3.8) is 0 Å². The van der Waals surface area contributed by atoms with Gasteiger partial charge in [0.25, 0.3) is 5.91 Å². The second-order valence-corrected chi connectivity index (χ2v) is 9.16. The Morgan fingerprint density at radius 1 is 0.974 bits per heavy atom. The van der Waals surface area contributed by atoms with Gasteiger partial charge in [0.15, 0.2) is 0 Å². The fourth-order valence-corrected chi connectivity index (χ4v) is 4.01. The first-order valence-corrected chi connectivity index (χ1v) is 12.5. The number of hydrogen-bond acceptors (Lipinski definition) is 4. The summed E-state index contributed by atoms with van der Waals surface area (Å²) in [4.78, 5) is 12.7. The van der Waals surface area contributed by atoms with E-state index in [1.54, 1.807) is 30.5 Å². The summed E-state index contributed by atoms with van der Waals surface area (Å²) >= 11 is 5.91. The van der Waals surface area contributed by atoms with Gasteiger partial charge in [-0.15, -0.1) is 0 Å². The number of nitrogens with one attached hydrogen (secondary N) is 1. The summed E-state index contributed by atoms with van der Waals surface area (Å²) in [5, 5.41) is 9.68. The molecule has 1 N–H and O–H groups in total. The standard InChI is InChI=1S/C31H25ClN4O2/c1-22-6-5-7-25(18-22)30-26(20-36(35-30)28-8-3-2-4-9-28)19-33-34-31(37)24-12-10-23(11-13-24)21-38-29-16-14-27(32)15-17-29/h2-20H,21H2,1H3,(H,34,37). The number of halogens is 1. The number of hydrogen-bond donors (Lipinski definition) is 1. The molecule has 5 rings (SSSR count). The van der Waals surface area contributed by atoms with E-state index in [2.05, 4.69) is 16.6 Å². The Kier molecular flexibility index (Phi) is 7.62. The molecule has 6 nitrogen and oxygen atoms in total. The van der Waals surface area contributed by atoms with Gasteiger partial charge in [0.2, 0.25) is 0 Å². The van der Waals surface area contributed by atoms with Crippen molar-refractivity contribution in [3.8, 4) is 22.7 Å². The van der Waals surface area contributed by atoms with Crippen LogP contribution in [-0.4, -0.2) is 21.9 Å². The van der Waals surface area contributed by atoms with Crippen LogP contribution in [0, 0.1) is 6.92 Å². The van der Waals surface area contributed by atoms with Gasteiger partial charge in [-0.25, -0.2) is 10.1 Å². The number of hydrazone groups is 1.